The smallest absolute Gasteiger partial charge is 0.387 e. The van der Waals surface area contributed by atoms with Gasteiger partial charge in [-0.2, -0.15) is 0 Å². The average Bonchev–Trinajstić information content (AvgIpc) is 3.75. The molecule has 4 aromatic rings. The quantitative estimate of drug-likeness (QED) is 0.219. The Balaban J connectivity index is 1.23. The van der Waals surface area contributed by atoms with Crippen molar-refractivity contribution in [2.24, 2.45) is 11.8 Å². The molecule has 0 aliphatic carbocycles. The molecule has 7 rings (SSSR count). The van der Waals surface area contributed by atoms with Gasteiger partial charge in [-0.1, -0.05) is 13.8 Å². The Hall–Kier alpha value is -3.00. The molecule has 0 aromatic carbocycles. The van der Waals surface area contributed by atoms with Crippen LogP contribution in [-0.4, -0.2) is 97.7 Å². The van der Waals surface area contributed by atoms with E-state index in [4.69, 9.17) is 33.3 Å². The van der Waals surface area contributed by atoms with E-state index in [0.717, 1.165) is 0 Å². The highest BCUT2D eigenvalue weighted by Gasteiger charge is 2.54. The first kappa shape index (κ1) is 31.6. The second kappa shape index (κ2) is 11.6. The number of aliphatic hydroxyl groups is 1. The van der Waals surface area contributed by atoms with Crippen LogP contribution in [-0.2, 0) is 36.7 Å². The molecule has 3 aliphatic heterocycles. The van der Waals surface area contributed by atoms with Gasteiger partial charge in [-0.05, 0) is 12.8 Å². The van der Waals surface area contributed by atoms with Crippen molar-refractivity contribution in [1.82, 2.24) is 39.0 Å². The molecular formula is C24H31N9O11P2. The van der Waals surface area contributed by atoms with Crippen LogP contribution in [0.2, 0.25) is 0 Å². The summed E-state index contributed by atoms with van der Waals surface area (Å²) in [6.45, 7) is 4.12. The third-order valence-electron chi connectivity index (χ3n) is 8.26. The molecule has 3 fully saturated rings. The van der Waals surface area contributed by atoms with Crippen molar-refractivity contribution in [3.8, 4) is 0 Å². The number of nitrogen functional groups attached to an aromatic ring is 1. The molecule has 20 nitrogen and oxygen atoms in total. The molecule has 22 heteroatoms. The summed E-state index contributed by atoms with van der Waals surface area (Å²) in [6, 6.07) is 0. The number of rotatable bonds is 3. The number of nitrogens with zero attached hydrogens (tertiary/aromatic N) is 8. The van der Waals surface area contributed by atoms with Crippen LogP contribution in [0.1, 0.15) is 32.0 Å². The van der Waals surface area contributed by atoms with Gasteiger partial charge in [0.05, 0.1) is 31.6 Å². The molecule has 248 valence electrons. The first-order chi connectivity index (χ1) is 21.8. The summed E-state index contributed by atoms with van der Waals surface area (Å²) >= 11 is 0. The van der Waals surface area contributed by atoms with E-state index in [1.54, 1.807) is 11.5 Å². The van der Waals surface area contributed by atoms with Gasteiger partial charge in [0.15, 0.2) is 23.3 Å². The topological polar surface area (TPSA) is 263 Å². The van der Waals surface area contributed by atoms with Crippen LogP contribution in [0.5, 0.6) is 0 Å². The average molecular weight is 684 g/mol. The number of hydrogen-bond acceptors (Lipinski definition) is 16. The lowest BCUT2D eigenvalue weighted by Gasteiger charge is -2.29. The van der Waals surface area contributed by atoms with Crippen LogP contribution in [0, 0.1) is 18.8 Å². The highest BCUT2D eigenvalue weighted by atomic mass is 31.2. The molecule has 46 heavy (non-hydrogen) atoms. The van der Waals surface area contributed by atoms with Gasteiger partial charge >= 0.3 is 15.6 Å². The van der Waals surface area contributed by atoms with Crippen LogP contribution in [0.25, 0.3) is 22.3 Å². The number of nitrogens with two attached hydrogens (primary N) is 1. The Labute approximate surface area is 260 Å². The number of anilines is 1. The normalized spacial score (nSPS) is 37.3. The number of imidazole rings is 2. The molecule has 0 radical (unpaired) electrons. The van der Waals surface area contributed by atoms with Crippen molar-refractivity contribution < 1.29 is 51.6 Å². The fourth-order valence-corrected chi connectivity index (χ4v) is 8.01. The van der Waals surface area contributed by atoms with E-state index in [1.165, 1.54) is 29.9 Å². The Morgan fingerprint density at radius 2 is 1.39 bits per heavy atom. The zero-order chi connectivity index (χ0) is 32.5. The number of aliphatic hydroxyl groups excluding tert-OH is 1. The van der Waals surface area contributed by atoms with Crippen molar-refractivity contribution in [1.29, 1.82) is 0 Å². The van der Waals surface area contributed by atoms with Crippen LogP contribution in [0.15, 0.2) is 25.3 Å². The molecule has 7 heterocycles. The maximum absolute atomic E-state index is 13.4. The molecule has 5 N–H and O–H groups in total. The molecule has 2 bridgehead atoms. The lowest BCUT2D eigenvalue weighted by molar-refractivity contribution is -0.0671. The molecule has 4 aromatic heterocycles. The predicted molar refractivity (Wildman–Crippen MR) is 153 cm³/mol. The molecule has 0 amide bonds. The second-order valence-corrected chi connectivity index (χ2v) is 14.3. The number of aryl methyl sites for hydroxylation is 1. The van der Waals surface area contributed by atoms with Gasteiger partial charge in [0, 0.05) is 5.92 Å². The molecule has 0 spiro atoms. The Morgan fingerprint density at radius 1 is 0.826 bits per heavy atom. The first-order valence-corrected chi connectivity index (χ1v) is 17.2. The van der Waals surface area contributed by atoms with Gasteiger partial charge in [0.2, 0.25) is 0 Å². The molecule has 2 unspecified atom stereocenters. The lowest BCUT2D eigenvalue weighted by atomic mass is 9.88. The molecule has 3 aliphatic rings. The molecule has 3 saturated heterocycles. The SMILES string of the molecule is Cc1ncnc2c1ncn2[C@@H]1O[C@@H]2COP(=O)(O)O[C@H]3[C@@H](C(C)C)[C@H](n4cnc5c(N)ncnc54)O[C@@H]3COP(=O)(O)O[C@@H]1[C@@H]2O. The Kier molecular flexibility index (Phi) is 7.97. The van der Waals surface area contributed by atoms with Crippen molar-refractivity contribution >= 4 is 43.8 Å². The summed E-state index contributed by atoms with van der Waals surface area (Å²) in [4.78, 5) is 46.9. The van der Waals surface area contributed by atoms with Gasteiger partial charge in [0.1, 0.15) is 60.4 Å². The largest absolute Gasteiger partial charge is 0.472 e. The fourth-order valence-electron chi connectivity index (χ4n) is 6.10. The van der Waals surface area contributed by atoms with E-state index in [9.17, 15) is 24.0 Å². The molecular weight excluding hydrogens is 652 g/mol. The number of phosphoric acid groups is 2. The van der Waals surface area contributed by atoms with E-state index in [2.05, 4.69) is 29.9 Å². The van der Waals surface area contributed by atoms with E-state index in [1.807, 2.05) is 13.8 Å². The van der Waals surface area contributed by atoms with Gasteiger partial charge in [-0.25, -0.2) is 39.0 Å². The maximum atomic E-state index is 13.4. The van der Waals surface area contributed by atoms with Crippen LogP contribution < -0.4 is 5.73 Å². The highest BCUT2D eigenvalue weighted by molar-refractivity contribution is 7.47. The number of hydrogen-bond donors (Lipinski definition) is 4. The predicted octanol–water partition coefficient (Wildman–Crippen LogP) is 1.00. The van der Waals surface area contributed by atoms with Crippen molar-refractivity contribution in [3.05, 3.63) is 31.0 Å². The zero-order valence-corrected chi connectivity index (χ0v) is 26.4. The Bertz CT molecular complexity index is 1870. The summed E-state index contributed by atoms with van der Waals surface area (Å²) in [5.41, 5.74) is 7.87. The standard InChI is InChI=1S/C24H31N9O11P2/c1-10(2)14-18-13(42-23(14)32-9-31-16-20(25)27-7-29-22(16)32)5-40-46(37,38)44-19-17(34)12(4-39-45(35,36)43-18)41-24(19)33-8-30-15-11(3)26-6-28-21(15)33/h6-10,12-14,17-19,23-24,34H,4-5H2,1-3H3,(H,35,36)(H,37,38)(H2,25,27,29)/t12-,13-,14-,17-,18-,19-,23-,24-/m1/s1. The van der Waals surface area contributed by atoms with Crippen molar-refractivity contribution in [2.75, 3.05) is 18.9 Å². The number of aromatic nitrogens is 8. The van der Waals surface area contributed by atoms with E-state index in [-0.39, 0.29) is 17.4 Å². The highest BCUT2D eigenvalue weighted by Crippen LogP contribution is 2.55. The van der Waals surface area contributed by atoms with Gasteiger partial charge < -0.3 is 30.1 Å². The monoisotopic (exact) mass is 683 g/mol. The van der Waals surface area contributed by atoms with Gasteiger partial charge in [0.25, 0.3) is 0 Å². The summed E-state index contributed by atoms with van der Waals surface area (Å²) < 4.78 is 63.9. The van der Waals surface area contributed by atoms with Crippen LogP contribution >= 0.6 is 15.6 Å². The minimum Gasteiger partial charge on any atom is -0.387 e. The van der Waals surface area contributed by atoms with Crippen molar-refractivity contribution in [3.63, 3.8) is 0 Å². The zero-order valence-electron chi connectivity index (χ0n) is 24.6. The maximum Gasteiger partial charge on any atom is 0.472 e. The fraction of sp³-hybridized carbons (Fsp3) is 0.583. The van der Waals surface area contributed by atoms with Crippen molar-refractivity contribution in [2.45, 2.75) is 63.7 Å². The summed E-state index contributed by atoms with van der Waals surface area (Å²) in [6.07, 6.45) is -3.68. The van der Waals surface area contributed by atoms with Crippen LogP contribution in [0.3, 0.4) is 0 Å². The summed E-state index contributed by atoms with van der Waals surface area (Å²) in [5.74, 6) is -0.762. The first-order valence-electron chi connectivity index (χ1n) is 14.2. The lowest BCUT2D eigenvalue weighted by Crippen LogP contribution is -2.35. The molecule has 0 saturated carbocycles. The Morgan fingerprint density at radius 3 is 2.09 bits per heavy atom. The third kappa shape index (κ3) is 5.52. The van der Waals surface area contributed by atoms with E-state index in [0.29, 0.717) is 22.4 Å². The summed E-state index contributed by atoms with van der Waals surface area (Å²) in [7, 11) is -9.85. The minimum absolute atomic E-state index is 0.139. The van der Waals surface area contributed by atoms with Gasteiger partial charge in [-0.15, -0.1) is 0 Å². The van der Waals surface area contributed by atoms with E-state index >= 15 is 0 Å². The van der Waals surface area contributed by atoms with Gasteiger partial charge in [-0.3, -0.25) is 27.2 Å². The number of ether oxygens (including phenoxy) is 2. The number of fused-ring (bicyclic) bond motifs is 5. The number of phosphoric ester groups is 2. The summed E-state index contributed by atoms with van der Waals surface area (Å²) in [5, 5.41) is 11.1. The third-order valence-corrected chi connectivity index (χ3v) is 10.2. The van der Waals surface area contributed by atoms with E-state index < -0.39 is 77.8 Å². The second-order valence-electron chi connectivity index (χ2n) is 11.5. The minimum atomic E-state index is -4.97. The molecule has 10 atom stereocenters. The van der Waals surface area contributed by atoms with Crippen LogP contribution in [0.4, 0.5) is 5.82 Å².